The fourth-order valence-electron chi connectivity index (χ4n) is 2.15. The van der Waals surface area contributed by atoms with E-state index in [9.17, 15) is 0 Å². The minimum absolute atomic E-state index is 0.575. The zero-order valence-corrected chi connectivity index (χ0v) is 13.1. The van der Waals surface area contributed by atoms with Crippen LogP contribution in [0.1, 0.15) is 31.4 Å². The lowest BCUT2D eigenvalue weighted by Crippen LogP contribution is -2.15. The third-order valence-corrected chi connectivity index (χ3v) is 3.67. The summed E-state index contributed by atoms with van der Waals surface area (Å²) < 4.78 is 0. The number of halogens is 1. The fourth-order valence-corrected chi connectivity index (χ4v) is 2.35. The van der Waals surface area contributed by atoms with E-state index in [0.29, 0.717) is 5.15 Å². The predicted molar refractivity (Wildman–Crippen MR) is 88.3 cm³/mol. The highest BCUT2D eigenvalue weighted by atomic mass is 35.5. The standard InChI is InChI=1S/C17H21ClN2/c1-4-13(11-19-5-2)9-15-10-14-7-6-12(3)8-16(14)20-17(15)18/h6-10,19H,4-5,11H2,1-3H3. The van der Waals surface area contributed by atoms with Crippen LogP contribution in [0.25, 0.3) is 17.0 Å². The van der Waals surface area contributed by atoms with Crippen molar-refractivity contribution in [1.29, 1.82) is 0 Å². The Morgan fingerprint density at radius 3 is 2.80 bits per heavy atom. The topological polar surface area (TPSA) is 24.9 Å². The van der Waals surface area contributed by atoms with Gasteiger partial charge in [-0.05, 0) is 37.6 Å². The zero-order valence-electron chi connectivity index (χ0n) is 12.3. The minimum Gasteiger partial charge on any atom is -0.313 e. The minimum atomic E-state index is 0.575. The molecule has 2 rings (SSSR count). The predicted octanol–water partition coefficient (Wildman–Crippen LogP) is 4.60. The van der Waals surface area contributed by atoms with Gasteiger partial charge in [-0.25, -0.2) is 4.98 Å². The third kappa shape index (κ3) is 3.59. The van der Waals surface area contributed by atoms with Crippen LogP contribution in [-0.4, -0.2) is 18.1 Å². The maximum atomic E-state index is 6.31. The van der Waals surface area contributed by atoms with Crippen molar-refractivity contribution in [3.05, 3.63) is 46.1 Å². The Labute approximate surface area is 125 Å². The molecule has 0 bridgehead atoms. The lowest BCUT2D eigenvalue weighted by atomic mass is 10.1. The number of nitrogens with zero attached hydrogens (tertiary/aromatic N) is 1. The van der Waals surface area contributed by atoms with E-state index in [2.05, 4.69) is 61.4 Å². The van der Waals surface area contributed by atoms with Crippen LogP contribution < -0.4 is 5.32 Å². The number of hydrogen-bond acceptors (Lipinski definition) is 2. The van der Waals surface area contributed by atoms with Gasteiger partial charge in [0.15, 0.2) is 0 Å². The molecule has 3 heteroatoms. The first kappa shape index (κ1) is 15.0. The molecule has 0 spiro atoms. The molecule has 0 fully saturated rings. The number of nitrogens with one attached hydrogen (secondary N) is 1. The summed E-state index contributed by atoms with van der Waals surface area (Å²) >= 11 is 6.31. The summed E-state index contributed by atoms with van der Waals surface area (Å²) in [6.45, 7) is 8.21. The van der Waals surface area contributed by atoms with Crippen LogP contribution >= 0.6 is 11.6 Å². The molecule has 0 saturated carbocycles. The maximum Gasteiger partial charge on any atom is 0.136 e. The van der Waals surface area contributed by atoms with Gasteiger partial charge in [0.05, 0.1) is 5.52 Å². The van der Waals surface area contributed by atoms with Crippen LogP contribution in [0.3, 0.4) is 0 Å². The number of aromatic nitrogens is 1. The van der Waals surface area contributed by atoms with Gasteiger partial charge < -0.3 is 5.32 Å². The van der Waals surface area contributed by atoms with Gasteiger partial charge in [0, 0.05) is 17.5 Å². The largest absolute Gasteiger partial charge is 0.313 e. The second kappa shape index (κ2) is 6.87. The SMILES string of the molecule is CCNCC(=Cc1cc2ccc(C)cc2nc1Cl)CC. The normalized spacial score (nSPS) is 12.1. The second-order valence-electron chi connectivity index (χ2n) is 5.00. The van der Waals surface area contributed by atoms with Gasteiger partial charge in [-0.1, -0.05) is 49.2 Å². The van der Waals surface area contributed by atoms with Crippen molar-refractivity contribution in [2.45, 2.75) is 27.2 Å². The fraction of sp³-hybridized carbons (Fsp3) is 0.353. The van der Waals surface area contributed by atoms with E-state index >= 15 is 0 Å². The van der Waals surface area contributed by atoms with E-state index in [1.807, 2.05) is 0 Å². The van der Waals surface area contributed by atoms with E-state index in [0.717, 1.165) is 36.0 Å². The first-order valence-corrected chi connectivity index (χ1v) is 7.49. The van der Waals surface area contributed by atoms with E-state index < -0.39 is 0 Å². The molecule has 1 N–H and O–H groups in total. The van der Waals surface area contributed by atoms with Crippen LogP contribution in [0.15, 0.2) is 29.8 Å². The molecule has 1 aromatic carbocycles. The van der Waals surface area contributed by atoms with E-state index in [1.165, 1.54) is 11.1 Å². The highest BCUT2D eigenvalue weighted by molar-refractivity contribution is 6.31. The summed E-state index contributed by atoms with van der Waals surface area (Å²) in [5.74, 6) is 0. The molecular weight excluding hydrogens is 268 g/mol. The van der Waals surface area contributed by atoms with E-state index in [1.54, 1.807) is 0 Å². The Morgan fingerprint density at radius 2 is 2.10 bits per heavy atom. The van der Waals surface area contributed by atoms with Gasteiger partial charge in [0.2, 0.25) is 0 Å². The third-order valence-electron chi connectivity index (χ3n) is 3.37. The first-order valence-electron chi connectivity index (χ1n) is 7.11. The Kier molecular flexibility index (Phi) is 5.16. The number of benzene rings is 1. The smallest absolute Gasteiger partial charge is 0.136 e. The molecule has 1 aromatic heterocycles. The van der Waals surface area contributed by atoms with Crippen molar-refractivity contribution < 1.29 is 0 Å². The maximum absolute atomic E-state index is 6.31. The number of pyridine rings is 1. The van der Waals surface area contributed by atoms with Crippen LogP contribution in [0.2, 0.25) is 5.15 Å². The molecule has 0 radical (unpaired) electrons. The Balaban J connectivity index is 2.40. The van der Waals surface area contributed by atoms with Crippen molar-refractivity contribution in [2.24, 2.45) is 0 Å². The van der Waals surface area contributed by atoms with Crippen molar-refractivity contribution in [3.63, 3.8) is 0 Å². The zero-order chi connectivity index (χ0) is 14.5. The molecule has 2 nitrogen and oxygen atoms in total. The van der Waals surface area contributed by atoms with Crippen molar-refractivity contribution in [1.82, 2.24) is 10.3 Å². The highest BCUT2D eigenvalue weighted by Gasteiger charge is 2.04. The lowest BCUT2D eigenvalue weighted by Gasteiger charge is -2.08. The number of aryl methyl sites for hydroxylation is 1. The van der Waals surface area contributed by atoms with Gasteiger partial charge in [0.1, 0.15) is 5.15 Å². The molecule has 0 atom stereocenters. The molecule has 0 unspecified atom stereocenters. The Hall–Kier alpha value is -1.38. The van der Waals surface area contributed by atoms with Gasteiger partial charge in [-0.3, -0.25) is 0 Å². The van der Waals surface area contributed by atoms with Crippen LogP contribution in [0.5, 0.6) is 0 Å². The summed E-state index contributed by atoms with van der Waals surface area (Å²) in [7, 11) is 0. The Morgan fingerprint density at radius 1 is 1.30 bits per heavy atom. The molecule has 2 aromatic rings. The lowest BCUT2D eigenvalue weighted by molar-refractivity contribution is 0.762. The number of likely N-dealkylation sites (N-methyl/N-ethyl adjacent to an activating group) is 1. The summed E-state index contributed by atoms with van der Waals surface area (Å²) in [6.07, 6.45) is 3.16. The molecule has 106 valence electrons. The number of rotatable bonds is 5. The van der Waals surface area contributed by atoms with Gasteiger partial charge >= 0.3 is 0 Å². The molecule has 1 heterocycles. The number of hydrogen-bond donors (Lipinski definition) is 1. The van der Waals surface area contributed by atoms with Crippen LogP contribution in [0.4, 0.5) is 0 Å². The molecule has 0 aliphatic heterocycles. The van der Waals surface area contributed by atoms with E-state index in [-0.39, 0.29) is 0 Å². The van der Waals surface area contributed by atoms with Crippen molar-refractivity contribution in [2.75, 3.05) is 13.1 Å². The quantitative estimate of drug-likeness (QED) is 0.813. The molecule has 0 aliphatic carbocycles. The summed E-state index contributed by atoms with van der Waals surface area (Å²) in [4.78, 5) is 4.50. The van der Waals surface area contributed by atoms with Gasteiger partial charge in [-0.15, -0.1) is 0 Å². The molecule has 0 aliphatic rings. The molecular formula is C17H21ClN2. The van der Waals surface area contributed by atoms with E-state index in [4.69, 9.17) is 11.6 Å². The average molecular weight is 289 g/mol. The molecule has 0 amide bonds. The number of fused-ring (bicyclic) bond motifs is 1. The Bertz CT molecular complexity index is 632. The van der Waals surface area contributed by atoms with Crippen LogP contribution in [0, 0.1) is 6.92 Å². The average Bonchev–Trinajstić information content (AvgIpc) is 2.44. The van der Waals surface area contributed by atoms with Gasteiger partial charge in [-0.2, -0.15) is 0 Å². The molecule has 0 saturated heterocycles. The molecule has 20 heavy (non-hydrogen) atoms. The van der Waals surface area contributed by atoms with Gasteiger partial charge in [0.25, 0.3) is 0 Å². The second-order valence-corrected chi connectivity index (χ2v) is 5.36. The first-order chi connectivity index (χ1) is 9.63. The van der Waals surface area contributed by atoms with Crippen LogP contribution in [-0.2, 0) is 0 Å². The summed E-state index contributed by atoms with van der Waals surface area (Å²) in [5, 5.41) is 5.06. The summed E-state index contributed by atoms with van der Waals surface area (Å²) in [5.41, 5.74) is 4.49. The van der Waals surface area contributed by atoms with Crippen molar-refractivity contribution in [3.8, 4) is 0 Å². The van der Waals surface area contributed by atoms with Crippen molar-refractivity contribution >= 4 is 28.6 Å². The summed E-state index contributed by atoms with van der Waals surface area (Å²) in [6, 6.07) is 8.38. The highest BCUT2D eigenvalue weighted by Crippen LogP contribution is 2.24. The monoisotopic (exact) mass is 288 g/mol.